The summed E-state index contributed by atoms with van der Waals surface area (Å²) in [6.07, 6.45) is 6.00. The highest BCUT2D eigenvalue weighted by atomic mass is 32.2. The Morgan fingerprint density at radius 2 is 1.75 bits per heavy atom. The van der Waals surface area contributed by atoms with Crippen molar-refractivity contribution >= 4 is 10.8 Å². The molecule has 1 atom stereocenters. The monoisotopic (exact) mass is 237 g/mol. The summed E-state index contributed by atoms with van der Waals surface area (Å²) in [5.41, 5.74) is 6.64. The molecule has 1 fully saturated rings. The number of benzene rings is 1. The molecule has 1 unspecified atom stereocenters. The van der Waals surface area contributed by atoms with E-state index in [-0.39, 0.29) is 0 Å². The van der Waals surface area contributed by atoms with Crippen LogP contribution >= 0.6 is 0 Å². The third kappa shape index (κ3) is 2.71. The van der Waals surface area contributed by atoms with Crippen LogP contribution in [0.3, 0.4) is 0 Å². The second kappa shape index (κ2) is 5.60. The van der Waals surface area contributed by atoms with Crippen LogP contribution in [0.25, 0.3) is 0 Å². The Morgan fingerprint density at radius 1 is 1.12 bits per heavy atom. The van der Waals surface area contributed by atoms with Gasteiger partial charge in [-0.15, -0.1) is 0 Å². The fraction of sp³-hybridized carbons (Fsp3) is 0.538. The van der Waals surface area contributed by atoms with E-state index in [1.807, 2.05) is 24.3 Å². The fourth-order valence-electron chi connectivity index (χ4n) is 2.23. The standard InChI is InChI=1S/C13H19NOS/c14-10-11-6-8-13(9-7-11)16(15)12-4-2-1-3-5-12/h6-9,12H,1-5,10,14H2. The smallest absolute Gasteiger partial charge is 0.0560 e. The van der Waals surface area contributed by atoms with Gasteiger partial charge in [0.1, 0.15) is 0 Å². The SMILES string of the molecule is NCc1ccc(S(=O)C2CCCCC2)cc1. The van der Waals surface area contributed by atoms with E-state index >= 15 is 0 Å². The van der Waals surface area contributed by atoms with Gasteiger partial charge in [-0.2, -0.15) is 0 Å². The van der Waals surface area contributed by atoms with E-state index in [2.05, 4.69) is 0 Å². The van der Waals surface area contributed by atoms with Gasteiger partial charge in [-0.3, -0.25) is 4.21 Å². The number of hydrogen-bond donors (Lipinski definition) is 1. The van der Waals surface area contributed by atoms with Crippen molar-refractivity contribution in [3.8, 4) is 0 Å². The molecule has 88 valence electrons. The predicted molar refractivity (Wildman–Crippen MR) is 67.6 cm³/mol. The molecule has 0 saturated heterocycles. The molecule has 2 nitrogen and oxygen atoms in total. The highest BCUT2D eigenvalue weighted by molar-refractivity contribution is 7.85. The Labute approximate surface area is 99.7 Å². The Balaban J connectivity index is 2.07. The van der Waals surface area contributed by atoms with E-state index in [0.717, 1.165) is 23.3 Å². The van der Waals surface area contributed by atoms with Crippen molar-refractivity contribution in [1.82, 2.24) is 0 Å². The summed E-state index contributed by atoms with van der Waals surface area (Å²) < 4.78 is 12.3. The number of rotatable bonds is 3. The lowest BCUT2D eigenvalue weighted by Crippen LogP contribution is -2.18. The van der Waals surface area contributed by atoms with Crippen LogP contribution in [0.1, 0.15) is 37.7 Å². The van der Waals surface area contributed by atoms with Crippen LogP contribution in [-0.4, -0.2) is 9.46 Å². The summed E-state index contributed by atoms with van der Waals surface area (Å²) in [6.45, 7) is 0.552. The van der Waals surface area contributed by atoms with Gasteiger partial charge in [-0.05, 0) is 30.5 Å². The Hall–Kier alpha value is -0.670. The third-order valence-corrected chi connectivity index (χ3v) is 5.06. The van der Waals surface area contributed by atoms with Crippen molar-refractivity contribution in [2.45, 2.75) is 48.8 Å². The molecule has 3 heteroatoms. The lowest BCUT2D eigenvalue weighted by Gasteiger charge is -2.20. The van der Waals surface area contributed by atoms with Gasteiger partial charge in [-0.25, -0.2) is 0 Å². The Kier molecular flexibility index (Phi) is 4.13. The van der Waals surface area contributed by atoms with Gasteiger partial charge in [0.2, 0.25) is 0 Å². The van der Waals surface area contributed by atoms with Gasteiger partial charge in [0, 0.05) is 16.7 Å². The molecule has 0 aliphatic heterocycles. The van der Waals surface area contributed by atoms with Gasteiger partial charge in [-0.1, -0.05) is 31.4 Å². The van der Waals surface area contributed by atoms with Gasteiger partial charge < -0.3 is 5.73 Å². The molecule has 0 amide bonds. The van der Waals surface area contributed by atoms with E-state index < -0.39 is 10.8 Å². The molecule has 1 aliphatic carbocycles. The minimum Gasteiger partial charge on any atom is -0.326 e. The summed E-state index contributed by atoms with van der Waals surface area (Å²) in [7, 11) is -0.821. The highest BCUT2D eigenvalue weighted by Gasteiger charge is 2.20. The molecule has 0 radical (unpaired) electrons. The van der Waals surface area contributed by atoms with Crippen molar-refractivity contribution in [2.75, 3.05) is 0 Å². The molecule has 0 bridgehead atoms. The number of hydrogen-bond acceptors (Lipinski definition) is 2. The number of nitrogens with two attached hydrogens (primary N) is 1. The quantitative estimate of drug-likeness (QED) is 0.878. The van der Waals surface area contributed by atoms with Crippen molar-refractivity contribution in [2.24, 2.45) is 5.73 Å². The Bertz CT molecular complexity index is 355. The molecule has 1 aliphatic rings. The minimum atomic E-state index is -0.821. The second-order valence-electron chi connectivity index (χ2n) is 4.41. The molecule has 1 aromatic rings. The van der Waals surface area contributed by atoms with Crippen LogP contribution in [0.2, 0.25) is 0 Å². The van der Waals surface area contributed by atoms with Crippen LogP contribution in [0, 0.1) is 0 Å². The molecule has 1 aromatic carbocycles. The average molecular weight is 237 g/mol. The van der Waals surface area contributed by atoms with E-state index in [4.69, 9.17) is 5.73 Å². The summed E-state index contributed by atoms with van der Waals surface area (Å²) in [5, 5.41) is 0.373. The van der Waals surface area contributed by atoms with Gasteiger partial charge >= 0.3 is 0 Å². The average Bonchev–Trinajstić information content (AvgIpc) is 2.39. The highest BCUT2D eigenvalue weighted by Crippen LogP contribution is 2.25. The molecule has 0 spiro atoms. The van der Waals surface area contributed by atoms with E-state index in [9.17, 15) is 4.21 Å². The van der Waals surface area contributed by atoms with Gasteiger partial charge in [0.05, 0.1) is 10.8 Å². The first-order chi connectivity index (χ1) is 7.81. The maximum absolute atomic E-state index is 12.3. The molecular formula is C13H19NOS. The molecule has 2 N–H and O–H groups in total. The van der Waals surface area contributed by atoms with Gasteiger partial charge in [0.15, 0.2) is 0 Å². The van der Waals surface area contributed by atoms with Crippen LogP contribution in [-0.2, 0) is 17.3 Å². The molecular weight excluding hydrogens is 218 g/mol. The minimum absolute atomic E-state index is 0.373. The topological polar surface area (TPSA) is 43.1 Å². The van der Waals surface area contributed by atoms with E-state index in [1.54, 1.807) is 0 Å². The molecule has 2 rings (SSSR count). The van der Waals surface area contributed by atoms with Crippen LogP contribution in [0.4, 0.5) is 0 Å². The summed E-state index contributed by atoms with van der Waals surface area (Å²) >= 11 is 0. The van der Waals surface area contributed by atoms with Crippen molar-refractivity contribution in [3.63, 3.8) is 0 Å². The molecule has 1 saturated carbocycles. The third-order valence-electron chi connectivity index (χ3n) is 3.25. The summed E-state index contributed by atoms with van der Waals surface area (Å²) in [6, 6.07) is 7.89. The van der Waals surface area contributed by atoms with Gasteiger partial charge in [0.25, 0.3) is 0 Å². The zero-order valence-electron chi connectivity index (χ0n) is 9.52. The first kappa shape index (κ1) is 11.8. The normalized spacial score (nSPS) is 19.6. The van der Waals surface area contributed by atoms with E-state index in [1.165, 1.54) is 19.3 Å². The predicted octanol–water partition coefficient (Wildman–Crippen LogP) is 2.59. The lowest BCUT2D eigenvalue weighted by atomic mass is 10.0. The van der Waals surface area contributed by atoms with Crippen LogP contribution in [0.5, 0.6) is 0 Å². The Morgan fingerprint density at radius 3 is 2.31 bits per heavy atom. The zero-order chi connectivity index (χ0) is 11.4. The summed E-state index contributed by atoms with van der Waals surface area (Å²) in [5.74, 6) is 0. The summed E-state index contributed by atoms with van der Waals surface area (Å²) in [4.78, 5) is 0.962. The van der Waals surface area contributed by atoms with Crippen molar-refractivity contribution < 1.29 is 4.21 Å². The molecule has 0 aromatic heterocycles. The lowest BCUT2D eigenvalue weighted by molar-refractivity contribution is 0.504. The molecule has 16 heavy (non-hydrogen) atoms. The van der Waals surface area contributed by atoms with Crippen molar-refractivity contribution in [1.29, 1.82) is 0 Å². The van der Waals surface area contributed by atoms with E-state index in [0.29, 0.717) is 11.8 Å². The zero-order valence-corrected chi connectivity index (χ0v) is 10.3. The van der Waals surface area contributed by atoms with Crippen molar-refractivity contribution in [3.05, 3.63) is 29.8 Å². The second-order valence-corrected chi connectivity index (χ2v) is 6.14. The maximum Gasteiger partial charge on any atom is 0.0560 e. The van der Waals surface area contributed by atoms with Crippen LogP contribution in [0.15, 0.2) is 29.2 Å². The van der Waals surface area contributed by atoms with Crippen LogP contribution < -0.4 is 5.73 Å². The first-order valence-corrected chi connectivity index (χ1v) is 7.22. The fourth-order valence-corrected chi connectivity index (χ4v) is 3.78. The largest absolute Gasteiger partial charge is 0.326 e. The maximum atomic E-state index is 12.3. The first-order valence-electron chi connectivity index (χ1n) is 6.01. The molecule has 0 heterocycles.